The molecule has 0 amide bonds. The summed E-state index contributed by atoms with van der Waals surface area (Å²) in [5, 5.41) is 4.91. The molecule has 3 heteroatoms. The van der Waals surface area contributed by atoms with Gasteiger partial charge in [0.25, 0.3) is 0 Å². The molecule has 65 heavy (non-hydrogen) atoms. The van der Waals surface area contributed by atoms with E-state index in [4.69, 9.17) is 14.0 Å². The lowest BCUT2D eigenvalue weighted by Gasteiger charge is -2.28. The van der Waals surface area contributed by atoms with Gasteiger partial charge in [0.15, 0.2) is 0 Å². The van der Waals surface area contributed by atoms with Crippen molar-refractivity contribution in [1.29, 1.82) is 0 Å². The lowest BCUT2D eigenvalue weighted by molar-refractivity contribution is 0.669. The van der Waals surface area contributed by atoms with E-state index in [9.17, 15) is 11.0 Å². The van der Waals surface area contributed by atoms with Crippen LogP contribution in [0.5, 0.6) is 0 Å². The van der Waals surface area contributed by atoms with E-state index in [0.717, 1.165) is 54.6 Å². The van der Waals surface area contributed by atoms with Crippen LogP contribution in [0.3, 0.4) is 0 Å². The molecule has 304 valence electrons. The predicted octanol–water partition coefficient (Wildman–Crippen LogP) is 17.5. The molecule has 0 unspecified atom stereocenters. The molecule has 0 saturated heterocycles. The molecule has 0 saturated carbocycles. The fourth-order valence-corrected chi connectivity index (χ4v) is 9.08. The number of rotatable bonds is 7. The van der Waals surface area contributed by atoms with Crippen LogP contribution in [-0.4, -0.2) is 4.57 Å². The van der Waals surface area contributed by atoms with Gasteiger partial charge in [-0.25, -0.2) is 0 Å². The van der Waals surface area contributed by atoms with Gasteiger partial charge in [0.05, 0.1) is 37.3 Å². The van der Waals surface area contributed by atoms with Gasteiger partial charge in [-0.3, -0.25) is 0 Å². The first-order chi connectivity index (χ1) is 38.5. The van der Waals surface area contributed by atoms with E-state index in [-0.39, 0.29) is 5.69 Å². The molecule has 0 atom stereocenters. The van der Waals surface area contributed by atoms with E-state index in [1.54, 1.807) is 4.90 Å². The molecular weight excluding hydrogens is 789 g/mol. The molecule has 2 aromatic heterocycles. The van der Waals surface area contributed by atoms with Crippen LogP contribution in [-0.2, 0) is 0 Å². The molecule has 0 aliphatic rings. The zero-order chi connectivity index (χ0) is 55.9. The van der Waals surface area contributed by atoms with Crippen molar-refractivity contribution < 1.29 is 25.0 Å². The summed E-state index contributed by atoms with van der Waals surface area (Å²) >= 11 is 0. The fourth-order valence-electron chi connectivity index (χ4n) is 9.08. The predicted molar refractivity (Wildman–Crippen MR) is 274 cm³/mol. The highest BCUT2D eigenvalue weighted by molar-refractivity contribution is 6.17. The van der Waals surface area contributed by atoms with Gasteiger partial charge in [-0.15, -0.1) is 0 Å². The molecule has 3 nitrogen and oxygen atoms in total. The smallest absolute Gasteiger partial charge is 0.136 e. The largest absolute Gasteiger partial charge is 0.456 e. The first kappa shape index (κ1) is 24.8. The maximum atomic E-state index is 9.92. The van der Waals surface area contributed by atoms with Gasteiger partial charge < -0.3 is 13.9 Å². The molecule has 13 aromatic rings. The van der Waals surface area contributed by atoms with Crippen molar-refractivity contribution in [2.24, 2.45) is 0 Å². The van der Waals surface area contributed by atoms with Gasteiger partial charge in [0.1, 0.15) is 11.2 Å². The molecule has 0 aliphatic heterocycles. The van der Waals surface area contributed by atoms with Gasteiger partial charge in [0, 0.05) is 44.2 Å². The second-order valence-electron chi connectivity index (χ2n) is 15.7. The standard InChI is InChI=1S/C62H40N2O/c1-2-15-46-40-61-56(39-45(46)14-1)62-55(22-12-26-60(62)65-61)54-20-7-8-23-57(54)63(48-35-37-49(38-36-48)64-58-24-9-5-18-52(58)53-19-6-10-25-59(53)64)47-33-31-42(32-34-47)41-27-29-44(30-28-41)51-21-11-16-43-13-3-4-17-50(43)51/h1-40H/i3D,4D,11D,13D,16D,17D,21D,27D,28D,29D,30D,31D,32D,33D,34D. The Balaban J connectivity index is 1.04. The third kappa shape index (κ3) is 6.12. The Morgan fingerprint density at radius 2 is 1.00 bits per heavy atom. The quantitative estimate of drug-likeness (QED) is 0.159. The van der Waals surface area contributed by atoms with Crippen LogP contribution in [0.4, 0.5) is 17.1 Å². The highest BCUT2D eigenvalue weighted by Gasteiger charge is 2.21. The Labute approximate surface area is 397 Å². The zero-order valence-corrected chi connectivity index (χ0v) is 34.2. The summed E-state index contributed by atoms with van der Waals surface area (Å²) in [6.07, 6.45) is 0. The van der Waals surface area contributed by atoms with E-state index in [0.29, 0.717) is 28.1 Å². The van der Waals surface area contributed by atoms with Gasteiger partial charge in [-0.05, 0) is 122 Å². The van der Waals surface area contributed by atoms with Crippen LogP contribution in [0, 0.1) is 0 Å². The molecule has 0 fully saturated rings. The summed E-state index contributed by atoms with van der Waals surface area (Å²) < 4.78 is 146. The average Bonchev–Trinajstić information content (AvgIpc) is 4.13. The fraction of sp³-hybridized carbons (Fsp3) is 0. The van der Waals surface area contributed by atoms with Crippen molar-refractivity contribution >= 4 is 82.4 Å². The topological polar surface area (TPSA) is 21.3 Å². The summed E-state index contributed by atoms with van der Waals surface area (Å²) in [6.45, 7) is 0. The lowest BCUT2D eigenvalue weighted by atomic mass is 9.95. The number of hydrogen-bond donors (Lipinski definition) is 0. The van der Waals surface area contributed by atoms with Crippen LogP contribution >= 0.6 is 0 Å². The number of benzene rings is 11. The van der Waals surface area contributed by atoms with Gasteiger partial charge in [-0.1, -0.05) is 170 Å². The number of nitrogens with zero attached hydrogens (tertiary/aromatic N) is 2. The van der Waals surface area contributed by atoms with Crippen LogP contribution in [0.2, 0.25) is 0 Å². The molecule has 0 aliphatic carbocycles. The first-order valence-corrected chi connectivity index (χ1v) is 21.0. The van der Waals surface area contributed by atoms with E-state index >= 15 is 0 Å². The lowest BCUT2D eigenvalue weighted by Crippen LogP contribution is -2.11. The Morgan fingerprint density at radius 1 is 0.385 bits per heavy atom. The Kier molecular flexibility index (Phi) is 5.74. The van der Waals surface area contributed by atoms with Crippen molar-refractivity contribution in [2.75, 3.05) is 4.90 Å². The maximum Gasteiger partial charge on any atom is 0.136 e. The Hall–Kier alpha value is -8.66. The van der Waals surface area contributed by atoms with E-state index in [1.165, 1.54) is 0 Å². The van der Waals surface area contributed by atoms with Gasteiger partial charge >= 0.3 is 0 Å². The second-order valence-corrected chi connectivity index (χ2v) is 15.7. The number of para-hydroxylation sites is 3. The van der Waals surface area contributed by atoms with Crippen molar-refractivity contribution in [3.8, 4) is 39.1 Å². The minimum absolute atomic E-state index is 0.194. The average molecular weight is 844 g/mol. The summed E-state index contributed by atoms with van der Waals surface area (Å²) in [4.78, 5) is 1.65. The Morgan fingerprint density at radius 3 is 1.77 bits per heavy atom. The molecule has 2 heterocycles. The van der Waals surface area contributed by atoms with Gasteiger partial charge in [-0.2, -0.15) is 0 Å². The van der Waals surface area contributed by atoms with Crippen LogP contribution in [0.15, 0.2) is 247 Å². The highest BCUT2D eigenvalue weighted by atomic mass is 16.3. The summed E-state index contributed by atoms with van der Waals surface area (Å²) in [5.41, 5.74) is 3.89. The van der Waals surface area contributed by atoms with E-state index < -0.39 is 124 Å². The highest BCUT2D eigenvalue weighted by Crippen LogP contribution is 2.46. The molecule has 0 bridgehead atoms. The maximum absolute atomic E-state index is 9.92. The third-order valence-corrected chi connectivity index (χ3v) is 12.0. The van der Waals surface area contributed by atoms with Crippen molar-refractivity contribution in [3.05, 3.63) is 242 Å². The molecule has 0 spiro atoms. The van der Waals surface area contributed by atoms with Crippen molar-refractivity contribution in [2.45, 2.75) is 0 Å². The van der Waals surface area contributed by atoms with Crippen LogP contribution in [0.1, 0.15) is 20.6 Å². The van der Waals surface area contributed by atoms with Crippen LogP contribution in [0.25, 0.3) is 104 Å². The number of anilines is 3. The number of furan rings is 1. The second kappa shape index (κ2) is 15.0. The summed E-state index contributed by atoms with van der Waals surface area (Å²) in [7, 11) is 0. The zero-order valence-electron chi connectivity index (χ0n) is 49.2. The number of fused-ring (bicyclic) bond motifs is 8. The normalized spacial score (nSPS) is 14.9. The Bertz CT molecular complexity index is 4740. The van der Waals surface area contributed by atoms with E-state index in [2.05, 4.69) is 22.8 Å². The van der Waals surface area contributed by atoms with Crippen LogP contribution < -0.4 is 4.90 Å². The summed E-state index contributed by atoms with van der Waals surface area (Å²) in [5.74, 6) is 0. The minimum Gasteiger partial charge on any atom is -0.456 e. The third-order valence-electron chi connectivity index (χ3n) is 12.0. The molecule has 11 aromatic carbocycles. The first-order valence-electron chi connectivity index (χ1n) is 28.5. The van der Waals surface area contributed by atoms with Gasteiger partial charge in [0.2, 0.25) is 0 Å². The van der Waals surface area contributed by atoms with Crippen molar-refractivity contribution in [1.82, 2.24) is 4.57 Å². The minimum atomic E-state index is -0.839. The molecule has 0 radical (unpaired) electrons. The van der Waals surface area contributed by atoms with Crippen molar-refractivity contribution in [3.63, 3.8) is 0 Å². The number of hydrogen-bond acceptors (Lipinski definition) is 2. The molecule has 13 rings (SSSR count). The molecular formula is C62H40N2O. The van der Waals surface area contributed by atoms with E-state index in [1.807, 2.05) is 133 Å². The number of aromatic nitrogens is 1. The SMILES string of the molecule is [2H]c1c([2H])c(-c2c([2H])c([2H])c([2H])c3c([2H])c([2H])c([2H])c([2H])c23)c([2H])c([2H])c1-c1c([2H])c([2H])c(N(c2ccc(-n3c4ccccc4c4ccccc43)cc2)c2ccccc2-c2cccc3oc4cc5ccccc5cc4c23)c([2H])c1[2H]. The molecule has 0 N–H and O–H groups in total. The summed E-state index contributed by atoms with van der Waals surface area (Å²) in [6, 6.07) is 38.0. The monoisotopic (exact) mass is 843 g/mol.